The lowest BCUT2D eigenvalue weighted by atomic mass is 10.1. The summed E-state index contributed by atoms with van der Waals surface area (Å²) in [5.41, 5.74) is 8.91. The fourth-order valence-electron chi connectivity index (χ4n) is 2.35. The molecule has 0 unspecified atom stereocenters. The maximum Gasteiger partial charge on any atom is 0.269 e. The van der Waals surface area contributed by atoms with Crippen molar-refractivity contribution in [3.63, 3.8) is 0 Å². The van der Waals surface area contributed by atoms with E-state index in [1.165, 1.54) is 12.1 Å². The summed E-state index contributed by atoms with van der Waals surface area (Å²) in [5, 5.41) is 10.8. The molecule has 1 aromatic carbocycles. The van der Waals surface area contributed by atoms with Gasteiger partial charge < -0.3 is 10.1 Å². The maximum absolute atomic E-state index is 10.8. The van der Waals surface area contributed by atoms with Crippen LogP contribution in [0.25, 0.3) is 16.9 Å². The highest BCUT2D eigenvalue weighted by Crippen LogP contribution is 2.26. The van der Waals surface area contributed by atoms with E-state index in [-0.39, 0.29) is 5.69 Å². The second-order valence-corrected chi connectivity index (χ2v) is 5.31. The molecular weight excluding hydrogens is 300 g/mol. The van der Waals surface area contributed by atoms with Gasteiger partial charge in [0.1, 0.15) is 5.65 Å². The number of nitro groups is 1. The number of hydrogen-bond donors (Lipinski definition) is 1. The van der Waals surface area contributed by atoms with Crippen LogP contribution in [0.5, 0.6) is 0 Å². The van der Waals surface area contributed by atoms with Crippen molar-refractivity contribution in [3.8, 4) is 11.3 Å². The Morgan fingerprint density at radius 2 is 2.00 bits per heavy atom. The number of aromatic nitrogens is 2. The zero-order chi connectivity index (χ0) is 15.7. The van der Waals surface area contributed by atoms with Crippen molar-refractivity contribution in [2.24, 2.45) is 5.73 Å². The summed E-state index contributed by atoms with van der Waals surface area (Å²) in [6, 6.07) is 12.0. The molecule has 2 aromatic heterocycles. The maximum atomic E-state index is 10.8. The first kappa shape index (κ1) is 14.2. The van der Waals surface area contributed by atoms with Crippen molar-refractivity contribution in [1.29, 1.82) is 0 Å². The highest BCUT2D eigenvalue weighted by molar-refractivity contribution is 7.80. The second kappa shape index (κ2) is 5.53. The Kier molecular flexibility index (Phi) is 3.56. The van der Waals surface area contributed by atoms with Crippen LogP contribution in [0.1, 0.15) is 5.69 Å². The second-order valence-electron chi connectivity index (χ2n) is 4.78. The third kappa shape index (κ3) is 2.53. The van der Waals surface area contributed by atoms with Gasteiger partial charge in [0.25, 0.3) is 5.69 Å². The van der Waals surface area contributed by atoms with Crippen LogP contribution < -0.4 is 5.73 Å². The fraction of sp³-hybridized carbons (Fsp3) is 0.0667. The number of thiocarbonyl (C=S) groups is 1. The summed E-state index contributed by atoms with van der Waals surface area (Å²) in [6.07, 6.45) is 2.30. The van der Waals surface area contributed by atoms with E-state index in [4.69, 9.17) is 18.0 Å². The molecule has 6 nitrogen and oxygen atoms in total. The van der Waals surface area contributed by atoms with Crippen LogP contribution in [0.4, 0.5) is 5.69 Å². The summed E-state index contributed by atoms with van der Waals surface area (Å²) >= 11 is 5.02. The van der Waals surface area contributed by atoms with E-state index in [9.17, 15) is 10.1 Å². The number of nitro benzene ring substituents is 1. The average Bonchev–Trinajstić information content (AvgIpc) is 2.86. The summed E-state index contributed by atoms with van der Waals surface area (Å²) < 4.78 is 1.93. The van der Waals surface area contributed by atoms with E-state index in [1.807, 2.05) is 28.8 Å². The van der Waals surface area contributed by atoms with Crippen molar-refractivity contribution in [3.05, 3.63) is 64.5 Å². The quantitative estimate of drug-likeness (QED) is 0.455. The lowest BCUT2D eigenvalue weighted by Crippen LogP contribution is -2.13. The molecule has 0 aliphatic rings. The Morgan fingerprint density at radius 3 is 2.64 bits per heavy atom. The predicted octanol–water partition coefficient (Wildman–Crippen LogP) is 2.74. The van der Waals surface area contributed by atoms with Gasteiger partial charge in [-0.3, -0.25) is 10.1 Å². The van der Waals surface area contributed by atoms with Gasteiger partial charge in [-0.25, -0.2) is 4.98 Å². The van der Waals surface area contributed by atoms with E-state index in [0.717, 1.165) is 22.6 Å². The number of fused-ring (bicyclic) bond motifs is 1. The highest BCUT2D eigenvalue weighted by Gasteiger charge is 2.15. The van der Waals surface area contributed by atoms with Crippen LogP contribution >= 0.6 is 12.2 Å². The van der Waals surface area contributed by atoms with Crippen LogP contribution in [0.2, 0.25) is 0 Å². The SMILES string of the molecule is NC(=S)Cc1c(-c2ccc([N+](=O)[O-])cc2)nc2ccccn12. The molecule has 0 saturated heterocycles. The Hall–Kier alpha value is -2.80. The van der Waals surface area contributed by atoms with Gasteiger partial charge >= 0.3 is 0 Å². The number of rotatable bonds is 4. The van der Waals surface area contributed by atoms with Gasteiger partial charge in [0.05, 0.1) is 21.3 Å². The Bertz CT molecular complexity index is 871. The van der Waals surface area contributed by atoms with Gasteiger partial charge in [-0.1, -0.05) is 18.3 Å². The molecule has 0 fully saturated rings. The topological polar surface area (TPSA) is 86.5 Å². The van der Waals surface area contributed by atoms with Crippen LogP contribution in [-0.2, 0) is 6.42 Å². The molecule has 0 bridgehead atoms. The first-order valence-corrected chi connectivity index (χ1v) is 6.96. The number of non-ortho nitro benzene ring substituents is 1. The molecule has 3 rings (SSSR count). The Labute approximate surface area is 131 Å². The van der Waals surface area contributed by atoms with Gasteiger partial charge in [0, 0.05) is 30.3 Å². The van der Waals surface area contributed by atoms with Crippen molar-refractivity contribution < 1.29 is 4.92 Å². The van der Waals surface area contributed by atoms with Gasteiger partial charge in [-0.05, 0) is 24.3 Å². The molecule has 2 heterocycles. The van der Waals surface area contributed by atoms with E-state index in [2.05, 4.69) is 4.98 Å². The minimum absolute atomic E-state index is 0.0448. The van der Waals surface area contributed by atoms with E-state index in [1.54, 1.807) is 12.1 Å². The normalized spacial score (nSPS) is 10.7. The number of benzene rings is 1. The molecule has 22 heavy (non-hydrogen) atoms. The lowest BCUT2D eigenvalue weighted by molar-refractivity contribution is -0.384. The summed E-state index contributed by atoms with van der Waals surface area (Å²) in [5.74, 6) is 0. The fourth-order valence-corrected chi connectivity index (χ4v) is 2.49. The highest BCUT2D eigenvalue weighted by atomic mass is 32.1. The summed E-state index contributed by atoms with van der Waals surface area (Å²) in [6.45, 7) is 0. The van der Waals surface area contributed by atoms with Gasteiger partial charge in [-0.15, -0.1) is 0 Å². The van der Waals surface area contributed by atoms with Crippen molar-refractivity contribution >= 4 is 28.5 Å². The first-order valence-electron chi connectivity index (χ1n) is 6.55. The molecule has 3 aromatic rings. The molecule has 0 aliphatic carbocycles. The molecule has 0 spiro atoms. The molecule has 0 amide bonds. The van der Waals surface area contributed by atoms with Crippen LogP contribution in [0.15, 0.2) is 48.7 Å². The minimum atomic E-state index is -0.427. The van der Waals surface area contributed by atoms with Crippen molar-refractivity contribution in [2.75, 3.05) is 0 Å². The third-order valence-electron chi connectivity index (χ3n) is 3.32. The predicted molar refractivity (Wildman–Crippen MR) is 87.8 cm³/mol. The Balaban J connectivity index is 2.16. The van der Waals surface area contributed by atoms with E-state index >= 15 is 0 Å². The summed E-state index contributed by atoms with van der Waals surface area (Å²) in [7, 11) is 0. The molecule has 0 aliphatic heterocycles. The smallest absolute Gasteiger partial charge is 0.269 e. The minimum Gasteiger partial charge on any atom is -0.393 e. The van der Waals surface area contributed by atoms with Gasteiger partial charge in [0.2, 0.25) is 0 Å². The number of imidazole rings is 1. The molecule has 0 saturated carbocycles. The molecular formula is C15H12N4O2S. The molecule has 0 radical (unpaired) electrons. The third-order valence-corrected chi connectivity index (χ3v) is 3.47. The van der Waals surface area contributed by atoms with Crippen LogP contribution in [0, 0.1) is 10.1 Å². The molecule has 0 atom stereocenters. The Morgan fingerprint density at radius 1 is 1.27 bits per heavy atom. The first-order chi connectivity index (χ1) is 10.6. The molecule has 110 valence electrons. The largest absolute Gasteiger partial charge is 0.393 e. The van der Waals surface area contributed by atoms with Crippen molar-refractivity contribution in [1.82, 2.24) is 9.38 Å². The monoisotopic (exact) mass is 312 g/mol. The zero-order valence-corrected chi connectivity index (χ0v) is 12.3. The number of nitrogens with zero attached hydrogens (tertiary/aromatic N) is 3. The van der Waals surface area contributed by atoms with E-state index in [0.29, 0.717) is 11.4 Å². The lowest BCUT2D eigenvalue weighted by Gasteiger charge is -2.04. The van der Waals surface area contributed by atoms with Crippen molar-refractivity contribution in [2.45, 2.75) is 6.42 Å². The summed E-state index contributed by atoms with van der Waals surface area (Å²) in [4.78, 5) is 15.3. The number of hydrogen-bond acceptors (Lipinski definition) is 4. The standard InChI is InChI=1S/C15H12N4O2S/c16-13(22)9-12-15(17-14-3-1-2-8-18(12)14)10-4-6-11(7-5-10)19(20)21/h1-8H,9H2,(H2,16,22). The van der Waals surface area contributed by atoms with Crippen LogP contribution in [-0.4, -0.2) is 19.3 Å². The average molecular weight is 312 g/mol. The van der Waals surface area contributed by atoms with Crippen LogP contribution in [0.3, 0.4) is 0 Å². The zero-order valence-electron chi connectivity index (χ0n) is 11.5. The molecule has 2 N–H and O–H groups in total. The number of nitrogens with two attached hydrogens (primary N) is 1. The molecule has 7 heteroatoms. The van der Waals surface area contributed by atoms with Gasteiger partial charge in [-0.2, -0.15) is 0 Å². The number of pyridine rings is 1. The van der Waals surface area contributed by atoms with E-state index < -0.39 is 4.92 Å². The van der Waals surface area contributed by atoms with Gasteiger partial charge in [0.15, 0.2) is 0 Å².